The Labute approximate surface area is 44.6 Å². The number of carbonyl (C=O) groups is 1. The average Bonchev–Trinajstić information content (AvgIpc) is 1.65. The van der Waals surface area contributed by atoms with E-state index in [2.05, 4.69) is 0 Å². The van der Waals surface area contributed by atoms with Gasteiger partial charge in [-0.1, -0.05) is 0 Å². The third kappa shape index (κ3) is 2.32. The van der Waals surface area contributed by atoms with Crippen molar-refractivity contribution in [3.05, 3.63) is 0 Å². The number of hydrogen-bond acceptors (Lipinski definition) is 1. The summed E-state index contributed by atoms with van der Waals surface area (Å²) in [5.74, 6) is 0.155. The third-order valence-electron chi connectivity index (χ3n) is 0.988. The molecule has 0 amide bonds. The molecule has 0 aliphatic rings. The van der Waals surface area contributed by atoms with Crippen molar-refractivity contribution in [1.82, 2.24) is 0 Å². The van der Waals surface area contributed by atoms with E-state index in [1.807, 2.05) is 20.7 Å². The minimum atomic E-state index is 0.155. The number of ketones is 1. The molecule has 1 nitrogen and oxygen atoms in total. The van der Waals surface area contributed by atoms with Gasteiger partial charge in [0.05, 0.1) is 0 Å². The van der Waals surface area contributed by atoms with Gasteiger partial charge in [0, 0.05) is 0 Å². The van der Waals surface area contributed by atoms with Crippen molar-refractivity contribution in [2.75, 3.05) is 0 Å². The van der Waals surface area contributed by atoms with Crippen LogP contribution in [0, 0.1) is 0 Å². The van der Waals surface area contributed by atoms with Crippen LogP contribution in [0.15, 0.2) is 0 Å². The van der Waals surface area contributed by atoms with Gasteiger partial charge in [-0.2, -0.15) is 0 Å². The van der Waals surface area contributed by atoms with Crippen molar-refractivity contribution in [1.29, 1.82) is 0 Å². The predicted octanol–water partition coefficient (Wildman–Crippen LogP) is 0.520. The molecule has 0 unspecified atom stereocenters. The van der Waals surface area contributed by atoms with Gasteiger partial charge in [0.25, 0.3) is 0 Å². The Morgan fingerprint density at radius 3 is 1.86 bits per heavy atom. The van der Waals surface area contributed by atoms with Crippen LogP contribution in [0.5, 0.6) is 0 Å². The van der Waals surface area contributed by atoms with Crippen LogP contribution in [0.25, 0.3) is 0 Å². The first-order chi connectivity index (χ1) is 3.18. The second-order valence-electron chi connectivity index (χ2n) is 1.53. The second kappa shape index (κ2) is 2.72. The van der Waals surface area contributed by atoms with E-state index < -0.39 is 0 Å². The van der Waals surface area contributed by atoms with Crippen molar-refractivity contribution in [2.45, 2.75) is 20.7 Å². The molecule has 0 aromatic carbocycles. The van der Waals surface area contributed by atoms with Crippen molar-refractivity contribution in [2.24, 2.45) is 0 Å². The van der Waals surface area contributed by atoms with Gasteiger partial charge in [-0.15, -0.1) is 0 Å². The van der Waals surface area contributed by atoms with Gasteiger partial charge in [0.15, 0.2) is 0 Å². The van der Waals surface area contributed by atoms with Crippen LogP contribution in [-0.2, 0) is 4.79 Å². The Balaban J connectivity index is 3.82. The molecule has 0 aliphatic carbocycles. The first-order valence-corrected chi connectivity index (χ1v) is 2.32. The van der Waals surface area contributed by atoms with Gasteiger partial charge in [-0.25, -0.2) is 0 Å². The van der Waals surface area contributed by atoms with Crippen molar-refractivity contribution >= 4 is 18.2 Å². The molecule has 0 spiro atoms. The maximum atomic E-state index is 10.3. The molecule has 0 N–H and O–H groups in total. The van der Waals surface area contributed by atoms with Crippen molar-refractivity contribution < 1.29 is 4.79 Å². The molecule has 0 fully saturated rings. The standard InChI is InChI=1S/C5H9BO/c1-4(6-3)5(2)7/h1-3H3. The normalized spacial score (nSPS) is 10.4. The topological polar surface area (TPSA) is 17.1 Å². The van der Waals surface area contributed by atoms with Gasteiger partial charge in [-0.3, -0.25) is 0 Å². The van der Waals surface area contributed by atoms with Crippen molar-refractivity contribution in [3.8, 4) is 0 Å². The van der Waals surface area contributed by atoms with E-state index in [4.69, 9.17) is 0 Å². The number of carbonyl (C=O) groups excluding carboxylic acids is 1. The number of Topliss-reactive ketones (excluding diaryl/α,β-unsaturated/α-hetero) is 1. The van der Waals surface area contributed by atoms with Crippen LogP contribution in [-0.4, -0.2) is 18.2 Å². The van der Waals surface area contributed by atoms with Gasteiger partial charge in [-0.05, 0) is 0 Å². The van der Waals surface area contributed by atoms with E-state index in [-0.39, 0.29) is 5.78 Å². The van der Waals surface area contributed by atoms with E-state index >= 15 is 0 Å². The minimum absolute atomic E-state index is 0.155. The molecule has 0 aromatic rings. The van der Waals surface area contributed by atoms with Gasteiger partial charge in [0.1, 0.15) is 0 Å². The summed E-state index contributed by atoms with van der Waals surface area (Å²) in [6.07, 6.45) is 0. The van der Waals surface area contributed by atoms with Gasteiger partial charge >= 0.3 is 43.6 Å². The Hall–Kier alpha value is -0.395. The molecular formula is C5H9BO. The zero-order chi connectivity index (χ0) is 5.86. The van der Waals surface area contributed by atoms with E-state index in [0.29, 0.717) is 0 Å². The van der Waals surface area contributed by atoms with Crippen LogP contribution >= 0.6 is 0 Å². The fraction of sp³-hybridized carbons (Fsp3) is 0.600. The molecule has 0 aliphatic heterocycles. The summed E-state index contributed by atoms with van der Waals surface area (Å²) in [7, 11) is 0. The van der Waals surface area contributed by atoms with Gasteiger partial charge in [0.2, 0.25) is 0 Å². The first-order valence-electron chi connectivity index (χ1n) is 2.32. The second-order valence-corrected chi connectivity index (χ2v) is 1.53. The zero-order valence-electron chi connectivity index (χ0n) is 4.99. The van der Waals surface area contributed by atoms with Crippen LogP contribution in [0.3, 0.4) is 0 Å². The molecule has 0 heterocycles. The molecule has 0 radical (unpaired) electrons. The monoisotopic (exact) mass is 96.1 g/mol. The molecular weight excluding hydrogens is 86.9 g/mol. The fourth-order valence-corrected chi connectivity index (χ4v) is 0.203. The maximum absolute atomic E-state index is 10.3. The Morgan fingerprint density at radius 1 is 1.43 bits per heavy atom. The molecule has 38 valence electrons. The molecule has 0 saturated heterocycles. The summed E-state index contributed by atoms with van der Waals surface area (Å²) >= 11 is 0. The molecule has 0 aromatic heterocycles. The summed E-state index contributed by atoms with van der Waals surface area (Å²) in [4.78, 5) is 10.3. The third-order valence-corrected chi connectivity index (χ3v) is 0.988. The number of rotatable bonds is 1. The average molecular weight is 95.9 g/mol. The molecule has 0 atom stereocenters. The fourth-order valence-electron chi connectivity index (χ4n) is 0.203. The van der Waals surface area contributed by atoms with E-state index in [9.17, 15) is 4.79 Å². The quantitative estimate of drug-likeness (QED) is 0.435. The van der Waals surface area contributed by atoms with E-state index in [1.165, 1.54) is 0 Å². The Kier molecular flexibility index (Phi) is 2.57. The predicted molar refractivity (Wildman–Crippen MR) is 33.0 cm³/mol. The zero-order valence-corrected chi connectivity index (χ0v) is 4.99. The first kappa shape index (κ1) is 6.60. The van der Waals surface area contributed by atoms with E-state index in [0.717, 1.165) is 5.46 Å². The van der Waals surface area contributed by atoms with Crippen LogP contribution < -0.4 is 0 Å². The Morgan fingerprint density at radius 2 is 1.86 bits per heavy atom. The number of hydrogen-bond donors (Lipinski definition) is 0. The Bertz CT molecular complexity index is 105. The molecule has 0 saturated carbocycles. The van der Waals surface area contributed by atoms with Crippen LogP contribution in [0.2, 0.25) is 6.82 Å². The van der Waals surface area contributed by atoms with Gasteiger partial charge < -0.3 is 0 Å². The summed E-state index contributed by atoms with van der Waals surface area (Å²) in [6, 6.07) is 0. The van der Waals surface area contributed by atoms with E-state index in [1.54, 1.807) is 6.92 Å². The summed E-state index contributed by atoms with van der Waals surface area (Å²) in [6.45, 7) is 7.04. The molecule has 7 heavy (non-hydrogen) atoms. The molecule has 0 rings (SSSR count). The van der Waals surface area contributed by atoms with Crippen LogP contribution in [0.1, 0.15) is 13.8 Å². The summed E-state index contributed by atoms with van der Waals surface area (Å²) in [5, 5.41) is 0. The summed E-state index contributed by atoms with van der Waals surface area (Å²) < 4.78 is 0. The molecule has 0 bridgehead atoms. The molecule has 2 heteroatoms. The SMILES string of the molecule is CB=C(C)C(C)=O. The van der Waals surface area contributed by atoms with Crippen molar-refractivity contribution in [3.63, 3.8) is 0 Å². The van der Waals surface area contributed by atoms with Crippen LogP contribution in [0.4, 0.5) is 0 Å². The summed E-state index contributed by atoms with van der Waals surface area (Å²) in [5.41, 5.74) is 0.833.